The summed E-state index contributed by atoms with van der Waals surface area (Å²) in [6.07, 6.45) is 8.19. The van der Waals surface area contributed by atoms with Gasteiger partial charge in [0.15, 0.2) is 0 Å². The van der Waals surface area contributed by atoms with Gasteiger partial charge in [-0.3, -0.25) is 4.79 Å². The van der Waals surface area contributed by atoms with Crippen molar-refractivity contribution in [2.45, 2.75) is 82.9 Å². The monoisotopic (exact) mass is 644 g/mol. The fraction of sp³-hybridized carbons (Fsp3) is 0.559. The van der Waals surface area contributed by atoms with Crippen molar-refractivity contribution in [1.82, 2.24) is 4.72 Å². The zero-order valence-electron chi connectivity index (χ0n) is 25.9. The van der Waals surface area contributed by atoms with Crippen LogP contribution in [0.5, 0.6) is 5.75 Å². The van der Waals surface area contributed by atoms with E-state index in [1.54, 1.807) is 25.3 Å². The zero-order valence-corrected chi connectivity index (χ0v) is 27.4. The van der Waals surface area contributed by atoms with Gasteiger partial charge in [0, 0.05) is 30.8 Å². The van der Waals surface area contributed by atoms with Gasteiger partial charge in [0.05, 0.1) is 23.1 Å². The lowest BCUT2D eigenvalue weighted by Crippen LogP contribution is -2.44. The lowest BCUT2D eigenvalue weighted by Gasteiger charge is -2.42. The average Bonchev–Trinajstić information content (AvgIpc) is 3.00. The number of carbonyl (C=O) groups is 1. The van der Waals surface area contributed by atoms with Crippen molar-refractivity contribution in [3.05, 3.63) is 70.3 Å². The molecular formula is C34H45ClN2O6S. The number of carbonyl (C=O) groups excluding carboxylic acids is 1. The van der Waals surface area contributed by atoms with E-state index in [0.717, 1.165) is 49.9 Å². The third-order valence-corrected chi connectivity index (χ3v) is 11.8. The number of aliphatic hydroxyl groups excluding tert-OH is 1. The molecule has 1 aliphatic carbocycles. The quantitative estimate of drug-likeness (QED) is 0.401. The predicted octanol–water partition coefficient (Wildman–Crippen LogP) is 5.90. The molecule has 1 amide bonds. The Balaban J connectivity index is 1.54. The van der Waals surface area contributed by atoms with Gasteiger partial charge in [-0.1, -0.05) is 36.7 Å². The van der Waals surface area contributed by atoms with Crippen LogP contribution in [-0.4, -0.2) is 57.1 Å². The number of hydrogen-bond acceptors (Lipinski definition) is 7. The van der Waals surface area contributed by atoms with Crippen LogP contribution in [0.25, 0.3) is 0 Å². The molecule has 240 valence electrons. The average molecular weight is 645 g/mol. The number of amides is 1. The van der Waals surface area contributed by atoms with E-state index in [4.69, 9.17) is 21.1 Å². The topological polar surface area (TPSA) is 105 Å². The van der Waals surface area contributed by atoms with Crippen LogP contribution in [0, 0.1) is 17.8 Å². The summed E-state index contributed by atoms with van der Waals surface area (Å²) in [5.41, 5.74) is 3.25. The molecule has 3 aliphatic rings. The molecule has 8 nitrogen and oxygen atoms in total. The van der Waals surface area contributed by atoms with Crippen LogP contribution in [0.3, 0.4) is 0 Å². The van der Waals surface area contributed by atoms with Gasteiger partial charge < -0.3 is 19.5 Å². The standard InChI is InChI=1S/C34H45ClN2O6S/c1-22-7-6-9-31(38)29-14-11-26(29)20-37-16-5-4-8-24-18-28(35)13-10-27(24)21-43-32-15-12-25(19-30(32)37)34(39)36-44(40,41)33(22)17-23(2)42-3/h6,9-10,12-13,15,18-19,22-23,26,29,31,33,38H,4-5,7-8,11,14,16-17,20-21H2,1-3H3,(H,36,39)/b9-6+. The highest BCUT2D eigenvalue weighted by atomic mass is 35.5. The molecule has 0 saturated heterocycles. The van der Waals surface area contributed by atoms with Crippen molar-refractivity contribution in [2.75, 3.05) is 25.1 Å². The van der Waals surface area contributed by atoms with Crippen molar-refractivity contribution in [2.24, 2.45) is 17.8 Å². The summed E-state index contributed by atoms with van der Waals surface area (Å²) in [6, 6.07) is 11.0. The van der Waals surface area contributed by atoms with E-state index in [0.29, 0.717) is 30.3 Å². The number of nitrogens with zero attached hydrogens (tertiary/aromatic N) is 1. The number of halogens is 1. The number of allylic oxidation sites excluding steroid dienone is 1. The summed E-state index contributed by atoms with van der Waals surface area (Å²) < 4.78 is 41.6. The van der Waals surface area contributed by atoms with E-state index in [1.165, 1.54) is 5.56 Å². The summed E-state index contributed by atoms with van der Waals surface area (Å²) in [5.74, 6) is 0.0551. The number of methoxy groups -OCH3 is 1. The molecule has 2 aromatic rings. The SMILES string of the molecule is COC(C)CC1C(C)C/C=C/C(O)C2CCC2CN2CCCCc3cc(Cl)ccc3COc3ccc(cc32)C(=O)NS1(=O)=O. The lowest BCUT2D eigenvalue weighted by atomic mass is 9.70. The zero-order chi connectivity index (χ0) is 31.4. The maximum Gasteiger partial charge on any atom is 0.264 e. The third kappa shape index (κ3) is 7.61. The molecular weight excluding hydrogens is 600 g/mol. The molecule has 6 unspecified atom stereocenters. The number of anilines is 1. The van der Waals surface area contributed by atoms with Crippen molar-refractivity contribution in [3.8, 4) is 5.75 Å². The Morgan fingerprint density at radius 2 is 1.98 bits per heavy atom. The minimum absolute atomic E-state index is 0.114. The second-order valence-electron chi connectivity index (χ2n) is 12.7. The molecule has 0 radical (unpaired) electrons. The van der Waals surface area contributed by atoms with Crippen LogP contribution >= 0.6 is 11.6 Å². The van der Waals surface area contributed by atoms with Crippen molar-refractivity contribution in [1.29, 1.82) is 0 Å². The summed E-state index contributed by atoms with van der Waals surface area (Å²) in [5, 5.41) is 11.0. The van der Waals surface area contributed by atoms with Gasteiger partial charge in [0.1, 0.15) is 12.4 Å². The first-order valence-electron chi connectivity index (χ1n) is 15.8. The van der Waals surface area contributed by atoms with Crippen LogP contribution in [-0.2, 0) is 27.8 Å². The minimum Gasteiger partial charge on any atom is -0.487 e. The fourth-order valence-electron chi connectivity index (χ4n) is 6.71. The number of benzene rings is 2. The molecule has 2 bridgehead atoms. The van der Waals surface area contributed by atoms with Gasteiger partial charge in [-0.25, -0.2) is 13.1 Å². The number of sulfonamides is 1. The fourth-order valence-corrected chi connectivity index (χ4v) is 8.68. The Morgan fingerprint density at radius 3 is 2.73 bits per heavy atom. The Hall–Kier alpha value is -2.59. The van der Waals surface area contributed by atoms with Crippen molar-refractivity contribution >= 4 is 33.2 Å². The highest BCUT2D eigenvalue weighted by molar-refractivity contribution is 7.90. The molecule has 2 heterocycles. The number of hydrogen-bond donors (Lipinski definition) is 2. The van der Waals surface area contributed by atoms with E-state index < -0.39 is 27.3 Å². The van der Waals surface area contributed by atoms with Gasteiger partial charge in [-0.05, 0) is 111 Å². The molecule has 6 atom stereocenters. The molecule has 1 saturated carbocycles. The van der Waals surface area contributed by atoms with Crippen LogP contribution in [0.15, 0.2) is 48.6 Å². The number of aliphatic hydroxyl groups is 1. The molecule has 0 aromatic heterocycles. The van der Waals surface area contributed by atoms with Gasteiger partial charge in [0.25, 0.3) is 5.91 Å². The Labute approximate surface area is 266 Å². The van der Waals surface area contributed by atoms with E-state index in [1.807, 2.05) is 44.2 Å². The van der Waals surface area contributed by atoms with Gasteiger partial charge in [-0.15, -0.1) is 0 Å². The summed E-state index contributed by atoms with van der Waals surface area (Å²) in [6.45, 7) is 5.48. The van der Waals surface area contributed by atoms with Gasteiger partial charge in [0.2, 0.25) is 10.0 Å². The van der Waals surface area contributed by atoms with Crippen LogP contribution < -0.4 is 14.4 Å². The maximum absolute atomic E-state index is 13.7. The smallest absolute Gasteiger partial charge is 0.264 e. The Bertz CT molecular complexity index is 1460. The normalized spacial score (nSPS) is 29.0. The van der Waals surface area contributed by atoms with Crippen LogP contribution in [0.4, 0.5) is 5.69 Å². The highest BCUT2D eigenvalue weighted by Crippen LogP contribution is 2.41. The molecule has 0 spiro atoms. The third-order valence-electron chi connectivity index (χ3n) is 9.68. The first-order valence-corrected chi connectivity index (χ1v) is 17.7. The number of fused-ring (bicyclic) bond motifs is 3. The van der Waals surface area contributed by atoms with E-state index in [-0.39, 0.29) is 35.8 Å². The molecule has 10 heteroatoms. The second kappa shape index (κ2) is 14.2. The minimum atomic E-state index is -4.06. The number of ether oxygens (including phenoxy) is 2. The summed E-state index contributed by atoms with van der Waals surface area (Å²) >= 11 is 6.32. The van der Waals surface area contributed by atoms with E-state index in [2.05, 4.69) is 9.62 Å². The van der Waals surface area contributed by atoms with Gasteiger partial charge >= 0.3 is 0 Å². The Kier molecular flexibility index (Phi) is 10.6. The molecule has 5 rings (SSSR count). The number of nitrogens with one attached hydrogen (secondary N) is 1. The maximum atomic E-state index is 13.7. The van der Waals surface area contributed by atoms with Crippen molar-refractivity contribution < 1.29 is 27.8 Å². The highest BCUT2D eigenvalue weighted by Gasteiger charge is 2.38. The second-order valence-corrected chi connectivity index (χ2v) is 15.1. The molecule has 44 heavy (non-hydrogen) atoms. The van der Waals surface area contributed by atoms with Crippen molar-refractivity contribution in [3.63, 3.8) is 0 Å². The molecule has 2 aromatic carbocycles. The summed E-state index contributed by atoms with van der Waals surface area (Å²) in [7, 11) is -2.51. The van der Waals surface area contributed by atoms with Gasteiger partial charge in [-0.2, -0.15) is 0 Å². The van der Waals surface area contributed by atoms with Crippen LogP contribution in [0.2, 0.25) is 5.02 Å². The largest absolute Gasteiger partial charge is 0.487 e. The van der Waals surface area contributed by atoms with E-state index in [9.17, 15) is 18.3 Å². The van der Waals surface area contributed by atoms with Crippen LogP contribution in [0.1, 0.15) is 73.9 Å². The first-order chi connectivity index (χ1) is 21.1. The predicted molar refractivity (Wildman–Crippen MR) is 174 cm³/mol. The Morgan fingerprint density at radius 1 is 1.16 bits per heavy atom. The number of aryl methyl sites for hydroxylation is 1. The first kappa shape index (κ1) is 32.8. The summed E-state index contributed by atoms with van der Waals surface area (Å²) in [4.78, 5) is 15.8. The molecule has 2 N–H and O–H groups in total. The molecule has 2 aliphatic heterocycles. The van der Waals surface area contributed by atoms with E-state index >= 15 is 0 Å². The number of rotatable bonds is 3. The lowest BCUT2D eigenvalue weighted by molar-refractivity contribution is 0.0460. The molecule has 1 fully saturated rings.